The number of esters is 1. The average Bonchev–Trinajstić information content (AvgIpc) is 2.34. The fourth-order valence-corrected chi connectivity index (χ4v) is 2.35. The lowest BCUT2D eigenvalue weighted by Gasteiger charge is -2.19. The summed E-state index contributed by atoms with van der Waals surface area (Å²) in [4.78, 5) is 23.7. The Balaban J connectivity index is 2.51. The average molecular weight is 235 g/mol. The van der Waals surface area contributed by atoms with Gasteiger partial charge in [0.25, 0.3) is 5.56 Å². The lowest BCUT2D eigenvalue weighted by Crippen LogP contribution is -2.30. The van der Waals surface area contributed by atoms with Gasteiger partial charge in [-0.05, 0) is 44.2 Å². The van der Waals surface area contributed by atoms with Gasteiger partial charge in [0.15, 0.2) is 0 Å². The molecule has 0 spiro atoms. The highest BCUT2D eigenvalue weighted by Gasteiger charge is 2.20. The Kier molecular flexibility index (Phi) is 3.31. The van der Waals surface area contributed by atoms with E-state index in [1.807, 2.05) is 0 Å². The number of pyridine rings is 1. The van der Waals surface area contributed by atoms with Crippen molar-refractivity contribution >= 4 is 5.97 Å². The Labute approximate surface area is 100 Å². The van der Waals surface area contributed by atoms with Crippen LogP contribution in [0.15, 0.2) is 10.9 Å². The first-order valence-corrected chi connectivity index (χ1v) is 6.04. The van der Waals surface area contributed by atoms with Crippen molar-refractivity contribution in [1.29, 1.82) is 0 Å². The first-order valence-electron chi connectivity index (χ1n) is 6.04. The van der Waals surface area contributed by atoms with Gasteiger partial charge in [-0.15, -0.1) is 0 Å². The van der Waals surface area contributed by atoms with E-state index in [-0.39, 0.29) is 11.1 Å². The molecule has 2 rings (SSSR count). The van der Waals surface area contributed by atoms with Crippen LogP contribution in [0.5, 0.6) is 0 Å². The standard InChI is InChI=1S/C13H17NO3/c1-3-17-13(16)10-8-9-6-4-5-7-11(9)14(2)12(10)15/h8H,3-7H2,1-2H3. The number of rotatable bonds is 2. The maximum absolute atomic E-state index is 12.0. The number of carbonyl (C=O) groups is 1. The van der Waals surface area contributed by atoms with Gasteiger partial charge in [0, 0.05) is 12.7 Å². The molecule has 92 valence electrons. The monoisotopic (exact) mass is 235 g/mol. The van der Waals surface area contributed by atoms with Gasteiger partial charge in [0.2, 0.25) is 0 Å². The summed E-state index contributed by atoms with van der Waals surface area (Å²) in [6.45, 7) is 2.03. The van der Waals surface area contributed by atoms with Gasteiger partial charge in [-0.1, -0.05) is 0 Å². The lowest BCUT2D eigenvalue weighted by molar-refractivity contribution is 0.0523. The van der Waals surface area contributed by atoms with Crippen LogP contribution in [0.4, 0.5) is 0 Å². The van der Waals surface area contributed by atoms with E-state index in [1.165, 1.54) is 0 Å². The molecule has 0 aromatic carbocycles. The SMILES string of the molecule is CCOC(=O)c1cc2c(n(C)c1=O)CCCC2. The zero-order valence-electron chi connectivity index (χ0n) is 10.3. The second kappa shape index (κ2) is 4.73. The van der Waals surface area contributed by atoms with Gasteiger partial charge in [0.05, 0.1) is 6.61 Å². The Hall–Kier alpha value is -1.58. The zero-order chi connectivity index (χ0) is 12.4. The molecule has 1 aliphatic carbocycles. The van der Waals surface area contributed by atoms with Crippen molar-refractivity contribution in [2.45, 2.75) is 32.6 Å². The molecule has 0 atom stereocenters. The Morgan fingerprint density at radius 1 is 1.41 bits per heavy atom. The first kappa shape index (κ1) is 11.9. The van der Waals surface area contributed by atoms with Crippen LogP contribution < -0.4 is 5.56 Å². The van der Waals surface area contributed by atoms with Crippen LogP contribution >= 0.6 is 0 Å². The predicted octanol–water partition coefficient (Wildman–Crippen LogP) is 1.44. The van der Waals surface area contributed by atoms with Crippen molar-refractivity contribution in [2.75, 3.05) is 6.61 Å². The molecule has 0 bridgehead atoms. The molecule has 4 nitrogen and oxygen atoms in total. The smallest absolute Gasteiger partial charge is 0.343 e. The normalized spacial score (nSPS) is 14.2. The molecule has 0 unspecified atom stereocenters. The summed E-state index contributed by atoms with van der Waals surface area (Å²) in [7, 11) is 1.73. The number of carbonyl (C=O) groups excluding carboxylic acids is 1. The highest BCUT2D eigenvalue weighted by molar-refractivity contribution is 5.89. The molecule has 0 amide bonds. The van der Waals surface area contributed by atoms with E-state index in [1.54, 1.807) is 24.6 Å². The van der Waals surface area contributed by atoms with E-state index in [4.69, 9.17) is 4.74 Å². The van der Waals surface area contributed by atoms with Gasteiger partial charge in [-0.2, -0.15) is 0 Å². The van der Waals surface area contributed by atoms with Gasteiger partial charge in [0.1, 0.15) is 5.56 Å². The minimum Gasteiger partial charge on any atom is -0.462 e. The van der Waals surface area contributed by atoms with Crippen LogP contribution in [0.25, 0.3) is 0 Å². The number of aryl methyl sites for hydroxylation is 1. The number of nitrogens with zero attached hydrogens (tertiary/aromatic N) is 1. The molecule has 0 saturated carbocycles. The highest BCUT2D eigenvalue weighted by atomic mass is 16.5. The van der Waals surface area contributed by atoms with Crippen LogP contribution in [0, 0.1) is 0 Å². The van der Waals surface area contributed by atoms with E-state index in [2.05, 4.69) is 0 Å². The third-order valence-corrected chi connectivity index (χ3v) is 3.23. The summed E-state index contributed by atoms with van der Waals surface area (Å²) >= 11 is 0. The number of hydrogen-bond acceptors (Lipinski definition) is 3. The van der Waals surface area contributed by atoms with Gasteiger partial charge >= 0.3 is 5.97 Å². The summed E-state index contributed by atoms with van der Waals surface area (Å²) in [5, 5.41) is 0. The topological polar surface area (TPSA) is 48.3 Å². The van der Waals surface area contributed by atoms with Crippen molar-refractivity contribution < 1.29 is 9.53 Å². The number of hydrogen-bond donors (Lipinski definition) is 0. The maximum atomic E-state index is 12.0. The Morgan fingerprint density at radius 2 is 2.12 bits per heavy atom. The van der Waals surface area contributed by atoms with E-state index in [0.717, 1.165) is 36.9 Å². The second-order valence-electron chi connectivity index (χ2n) is 4.32. The third-order valence-electron chi connectivity index (χ3n) is 3.23. The quantitative estimate of drug-likeness (QED) is 0.729. The lowest BCUT2D eigenvalue weighted by atomic mass is 9.94. The third kappa shape index (κ3) is 2.12. The molecular formula is C13H17NO3. The fraction of sp³-hybridized carbons (Fsp3) is 0.538. The summed E-state index contributed by atoms with van der Waals surface area (Å²) in [6, 6.07) is 1.72. The highest BCUT2D eigenvalue weighted by Crippen LogP contribution is 2.20. The molecule has 4 heteroatoms. The molecule has 0 fully saturated rings. The number of fused-ring (bicyclic) bond motifs is 1. The molecule has 17 heavy (non-hydrogen) atoms. The Bertz CT molecular complexity index is 502. The van der Waals surface area contributed by atoms with Crippen molar-refractivity contribution in [1.82, 2.24) is 4.57 Å². The molecular weight excluding hydrogens is 218 g/mol. The van der Waals surface area contributed by atoms with Gasteiger partial charge < -0.3 is 9.30 Å². The Morgan fingerprint density at radius 3 is 2.82 bits per heavy atom. The van der Waals surface area contributed by atoms with E-state index < -0.39 is 5.97 Å². The van der Waals surface area contributed by atoms with E-state index >= 15 is 0 Å². The van der Waals surface area contributed by atoms with Crippen molar-refractivity contribution in [3.8, 4) is 0 Å². The maximum Gasteiger partial charge on any atom is 0.343 e. The number of aromatic nitrogens is 1. The number of ether oxygens (including phenoxy) is 1. The molecule has 1 aliphatic rings. The molecule has 0 radical (unpaired) electrons. The van der Waals surface area contributed by atoms with Gasteiger partial charge in [-0.25, -0.2) is 4.79 Å². The molecule has 1 heterocycles. The molecule has 0 aliphatic heterocycles. The summed E-state index contributed by atoms with van der Waals surface area (Å²) < 4.78 is 6.50. The van der Waals surface area contributed by atoms with Crippen LogP contribution in [0.2, 0.25) is 0 Å². The van der Waals surface area contributed by atoms with Gasteiger partial charge in [-0.3, -0.25) is 4.79 Å². The van der Waals surface area contributed by atoms with Crippen molar-refractivity contribution in [3.05, 3.63) is 33.2 Å². The fourth-order valence-electron chi connectivity index (χ4n) is 2.35. The minimum absolute atomic E-state index is 0.162. The zero-order valence-corrected chi connectivity index (χ0v) is 10.3. The molecule has 0 N–H and O–H groups in total. The van der Waals surface area contributed by atoms with Crippen LogP contribution in [0.3, 0.4) is 0 Å². The van der Waals surface area contributed by atoms with Crippen molar-refractivity contribution in [2.24, 2.45) is 7.05 Å². The summed E-state index contributed by atoms with van der Waals surface area (Å²) in [6.07, 6.45) is 4.09. The van der Waals surface area contributed by atoms with Crippen LogP contribution in [0.1, 0.15) is 41.4 Å². The largest absolute Gasteiger partial charge is 0.462 e. The predicted molar refractivity (Wildman–Crippen MR) is 64.3 cm³/mol. The molecule has 0 saturated heterocycles. The van der Waals surface area contributed by atoms with E-state index in [0.29, 0.717) is 6.61 Å². The molecule has 1 aromatic heterocycles. The summed E-state index contributed by atoms with van der Waals surface area (Å²) in [5.41, 5.74) is 2.09. The first-order chi connectivity index (χ1) is 8.15. The second-order valence-corrected chi connectivity index (χ2v) is 4.32. The van der Waals surface area contributed by atoms with E-state index in [9.17, 15) is 9.59 Å². The van der Waals surface area contributed by atoms with Crippen molar-refractivity contribution in [3.63, 3.8) is 0 Å². The molecule has 1 aromatic rings. The van der Waals surface area contributed by atoms with Crippen LogP contribution in [-0.4, -0.2) is 17.1 Å². The van der Waals surface area contributed by atoms with Crippen LogP contribution in [-0.2, 0) is 24.6 Å². The minimum atomic E-state index is -0.513. The summed E-state index contributed by atoms with van der Waals surface area (Å²) in [5.74, 6) is -0.513.